The van der Waals surface area contributed by atoms with Crippen molar-refractivity contribution in [3.05, 3.63) is 54.1 Å². The van der Waals surface area contributed by atoms with Crippen molar-refractivity contribution in [1.29, 1.82) is 0 Å². The summed E-state index contributed by atoms with van der Waals surface area (Å²) in [5, 5.41) is 0. The van der Waals surface area contributed by atoms with E-state index in [2.05, 4.69) is 39.1 Å². The molecule has 0 bridgehead atoms. The van der Waals surface area contributed by atoms with Gasteiger partial charge in [0, 0.05) is 42.8 Å². The average molecular weight is 241 g/mol. The third-order valence-electron chi connectivity index (χ3n) is 3.73. The highest BCUT2D eigenvalue weighted by Gasteiger charge is 2.25. The second kappa shape index (κ2) is 5.36. The van der Waals surface area contributed by atoms with E-state index in [4.69, 9.17) is 0 Å². The Balaban J connectivity index is 1.62. The second-order valence-electron chi connectivity index (χ2n) is 4.89. The Kier molecular flexibility index (Phi) is 3.42. The fourth-order valence-corrected chi connectivity index (χ4v) is 2.80. The van der Waals surface area contributed by atoms with Crippen LogP contribution in [0.15, 0.2) is 42.7 Å². The zero-order chi connectivity index (χ0) is 12.2. The van der Waals surface area contributed by atoms with Crippen molar-refractivity contribution in [2.24, 2.45) is 0 Å². The van der Waals surface area contributed by atoms with Crippen LogP contribution in [0, 0.1) is 0 Å². The van der Waals surface area contributed by atoms with Crippen LogP contribution in [-0.2, 0) is 6.42 Å². The molecule has 0 saturated carbocycles. The highest BCUT2D eigenvalue weighted by Crippen LogP contribution is 2.30. The van der Waals surface area contributed by atoms with E-state index in [1.165, 1.54) is 30.8 Å². The first-order valence-corrected chi connectivity index (χ1v) is 6.71. The average Bonchev–Trinajstić information content (AvgIpc) is 3.08. The lowest BCUT2D eigenvalue weighted by atomic mass is 10.1. The second-order valence-corrected chi connectivity index (χ2v) is 4.89. The Morgan fingerprint density at radius 3 is 3.06 bits per heavy atom. The molecule has 3 heterocycles. The van der Waals surface area contributed by atoms with Gasteiger partial charge >= 0.3 is 0 Å². The van der Waals surface area contributed by atoms with Gasteiger partial charge in [-0.3, -0.25) is 9.88 Å². The number of hydrogen-bond acceptors (Lipinski definition) is 2. The van der Waals surface area contributed by atoms with Crippen LogP contribution in [-0.4, -0.2) is 28.0 Å². The predicted molar refractivity (Wildman–Crippen MR) is 72.3 cm³/mol. The zero-order valence-corrected chi connectivity index (χ0v) is 10.5. The van der Waals surface area contributed by atoms with Gasteiger partial charge in [-0.05, 0) is 43.7 Å². The topological polar surface area (TPSA) is 31.9 Å². The quantitative estimate of drug-likeness (QED) is 0.892. The molecule has 1 aliphatic rings. The Hall–Kier alpha value is -1.61. The Bertz CT molecular complexity index is 464. The van der Waals surface area contributed by atoms with Gasteiger partial charge in [0.2, 0.25) is 0 Å². The summed E-state index contributed by atoms with van der Waals surface area (Å²) in [6.07, 6.45) is 7.50. The van der Waals surface area contributed by atoms with Crippen molar-refractivity contribution >= 4 is 0 Å². The number of pyridine rings is 1. The maximum Gasteiger partial charge on any atom is 0.0498 e. The van der Waals surface area contributed by atoms with Crippen LogP contribution in [0.5, 0.6) is 0 Å². The van der Waals surface area contributed by atoms with Gasteiger partial charge in [-0.1, -0.05) is 6.07 Å². The number of nitrogens with one attached hydrogen (secondary N) is 1. The van der Waals surface area contributed by atoms with E-state index in [-0.39, 0.29) is 0 Å². The first-order valence-electron chi connectivity index (χ1n) is 6.71. The molecule has 1 N–H and O–H groups in total. The fraction of sp³-hybridized carbons (Fsp3) is 0.400. The van der Waals surface area contributed by atoms with E-state index >= 15 is 0 Å². The smallest absolute Gasteiger partial charge is 0.0498 e. The minimum absolute atomic E-state index is 0.573. The molecule has 1 fully saturated rings. The summed E-state index contributed by atoms with van der Waals surface area (Å²) in [6.45, 7) is 2.30. The molecule has 1 aliphatic heterocycles. The van der Waals surface area contributed by atoms with E-state index in [0.717, 1.165) is 13.0 Å². The van der Waals surface area contributed by atoms with Crippen LogP contribution in [0.3, 0.4) is 0 Å². The van der Waals surface area contributed by atoms with E-state index in [0.29, 0.717) is 6.04 Å². The molecule has 0 aliphatic carbocycles. The van der Waals surface area contributed by atoms with Crippen molar-refractivity contribution in [2.45, 2.75) is 25.3 Å². The molecule has 3 heteroatoms. The number of H-pyrrole nitrogens is 1. The standard InChI is InChI=1S/C15H19N3/c1-2-9-16-13(5-1)8-12-18-11-4-7-15(18)14-6-3-10-17-14/h1-3,5-6,9-10,15,17H,4,7-8,11-12H2. The van der Waals surface area contributed by atoms with E-state index < -0.39 is 0 Å². The Morgan fingerprint density at radius 1 is 1.28 bits per heavy atom. The van der Waals surface area contributed by atoms with Crippen molar-refractivity contribution < 1.29 is 0 Å². The number of aromatic nitrogens is 2. The Labute approximate surface area is 108 Å². The predicted octanol–water partition coefficient (Wildman–Crippen LogP) is 2.79. The fourth-order valence-electron chi connectivity index (χ4n) is 2.80. The first-order chi connectivity index (χ1) is 8.93. The van der Waals surface area contributed by atoms with E-state index in [1.54, 1.807) is 0 Å². The lowest BCUT2D eigenvalue weighted by Gasteiger charge is -2.23. The maximum absolute atomic E-state index is 4.39. The number of nitrogens with zero attached hydrogens (tertiary/aromatic N) is 2. The summed E-state index contributed by atoms with van der Waals surface area (Å²) < 4.78 is 0. The Morgan fingerprint density at radius 2 is 2.28 bits per heavy atom. The summed E-state index contributed by atoms with van der Waals surface area (Å²) >= 11 is 0. The largest absolute Gasteiger partial charge is 0.364 e. The molecule has 18 heavy (non-hydrogen) atoms. The maximum atomic E-state index is 4.39. The third kappa shape index (κ3) is 2.46. The highest BCUT2D eigenvalue weighted by molar-refractivity contribution is 5.11. The van der Waals surface area contributed by atoms with Gasteiger partial charge in [0.1, 0.15) is 0 Å². The summed E-state index contributed by atoms with van der Waals surface area (Å²) in [6, 6.07) is 11.0. The highest BCUT2D eigenvalue weighted by atomic mass is 15.2. The van der Waals surface area contributed by atoms with Gasteiger partial charge in [0.15, 0.2) is 0 Å². The van der Waals surface area contributed by atoms with Gasteiger partial charge in [-0.2, -0.15) is 0 Å². The summed E-state index contributed by atoms with van der Waals surface area (Å²) in [7, 11) is 0. The van der Waals surface area contributed by atoms with Crippen LogP contribution >= 0.6 is 0 Å². The number of aromatic amines is 1. The van der Waals surface area contributed by atoms with Crippen LogP contribution < -0.4 is 0 Å². The third-order valence-corrected chi connectivity index (χ3v) is 3.73. The van der Waals surface area contributed by atoms with Crippen LogP contribution in [0.25, 0.3) is 0 Å². The molecule has 0 spiro atoms. The molecule has 1 saturated heterocycles. The molecule has 0 amide bonds. The monoisotopic (exact) mass is 241 g/mol. The molecule has 94 valence electrons. The molecule has 0 radical (unpaired) electrons. The van der Waals surface area contributed by atoms with Crippen LogP contribution in [0.4, 0.5) is 0 Å². The number of hydrogen-bond donors (Lipinski definition) is 1. The lowest BCUT2D eigenvalue weighted by Crippen LogP contribution is -2.26. The summed E-state index contributed by atoms with van der Waals surface area (Å²) in [4.78, 5) is 10.3. The summed E-state index contributed by atoms with van der Waals surface area (Å²) in [5.74, 6) is 0. The van der Waals surface area contributed by atoms with Gasteiger partial charge in [-0.15, -0.1) is 0 Å². The molecule has 2 aromatic rings. The lowest BCUT2D eigenvalue weighted by molar-refractivity contribution is 0.256. The number of rotatable bonds is 4. The molecular weight excluding hydrogens is 222 g/mol. The molecule has 1 unspecified atom stereocenters. The normalized spacial score (nSPS) is 20.3. The SMILES string of the molecule is c1ccc(CCN2CCCC2c2ccc[nH]2)nc1. The van der Waals surface area contributed by atoms with Crippen LogP contribution in [0.2, 0.25) is 0 Å². The van der Waals surface area contributed by atoms with E-state index in [9.17, 15) is 0 Å². The van der Waals surface area contributed by atoms with Gasteiger partial charge in [0.25, 0.3) is 0 Å². The van der Waals surface area contributed by atoms with Gasteiger partial charge in [0.05, 0.1) is 0 Å². The molecule has 3 rings (SSSR count). The first kappa shape index (κ1) is 11.5. The van der Waals surface area contributed by atoms with Crippen molar-refractivity contribution in [3.8, 4) is 0 Å². The van der Waals surface area contributed by atoms with Crippen molar-refractivity contribution in [1.82, 2.24) is 14.9 Å². The van der Waals surface area contributed by atoms with Gasteiger partial charge in [-0.25, -0.2) is 0 Å². The minimum atomic E-state index is 0.573. The molecule has 0 aromatic carbocycles. The zero-order valence-electron chi connectivity index (χ0n) is 10.5. The molecule has 1 atom stereocenters. The van der Waals surface area contributed by atoms with Crippen molar-refractivity contribution in [3.63, 3.8) is 0 Å². The minimum Gasteiger partial charge on any atom is -0.364 e. The van der Waals surface area contributed by atoms with Crippen molar-refractivity contribution in [2.75, 3.05) is 13.1 Å². The molecule has 2 aromatic heterocycles. The number of likely N-dealkylation sites (tertiary alicyclic amines) is 1. The van der Waals surface area contributed by atoms with Gasteiger partial charge < -0.3 is 4.98 Å². The molecule has 3 nitrogen and oxygen atoms in total. The van der Waals surface area contributed by atoms with E-state index in [1.807, 2.05) is 18.5 Å². The molecular formula is C15H19N3. The van der Waals surface area contributed by atoms with Crippen LogP contribution in [0.1, 0.15) is 30.3 Å². The summed E-state index contributed by atoms with van der Waals surface area (Å²) in [5.41, 5.74) is 2.54.